The Bertz CT molecular complexity index is 638. The number of hydrogen-bond donors (Lipinski definition) is 2. The summed E-state index contributed by atoms with van der Waals surface area (Å²) in [6.07, 6.45) is 0. The fourth-order valence-electron chi connectivity index (χ4n) is 1.71. The number of aryl methyl sites for hydroxylation is 2. The summed E-state index contributed by atoms with van der Waals surface area (Å²) in [7, 11) is 0. The van der Waals surface area contributed by atoms with Crippen LogP contribution in [0.25, 0.3) is 0 Å². The molecule has 4 N–H and O–H groups in total. The van der Waals surface area contributed by atoms with Gasteiger partial charge in [-0.1, -0.05) is 23.9 Å². The van der Waals surface area contributed by atoms with Crippen LogP contribution < -0.4 is 11.5 Å². The zero-order valence-corrected chi connectivity index (χ0v) is 11.8. The monoisotopic (exact) mass is 272 g/mol. The summed E-state index contributed by atoms with van der Waals surface area (Å²) in [5.74, 6) is -0.442. The summed E-state index contributed by atoms with van der Waals surface area (Å²) in [6.45, 7) is 4.10. The van der Waals surface area contributed by atoms with Crippen molar-refractivity contribution >= 4 is 23.4 Å². The van der Waals surface area contributed by atoms with Gasteiger partial charge in [-0.2, -0.15) is 0 Å². The van der Waals surface area contributed by atoms with Crippen LogP contribution in [0.4, 0.5) is 5.69 Å². The Balaban J connectivity index is 2.40. The van der Waals surface area contributed by atoms with Gasteiger partial charge in [0.1, 0.15) is 0 Å². The molecule has 19 heavy (non-hydrogen) atoms. The molecular formula is C15H16N2OS. The molecule has 0 unspecified atom stereocenters. The van der Waals surface area contributed by atoms with E-state index in [-0.39, 0.29) is 0 Å². The van der Waals surface area contributed by atoms with Crippen molar-refractivity contribution in [3.05, 3.63) is 53.1 Å². The molecule has 1 amide bonds. The van der Waals surface area contributed by atoms with Gasteiger partial charge in [0.25, 0.3) is 0 Å². The molecule has 0 spiro atoms. The van der Waals surface area contributed by atoms with Crippen molar-refractivity contribution in [2.75, 3.05) is 5.73 Å². The lowest BCUT2D eigenvalue weighted by atomic mass is 10.2. The van der Waals surface area contributed by atoms with Gasteiger partial charge in [0.15, 0.2) is 0 Å². The van der Waals surface area contributed by atoms with Crippen LogP contribution in [0.5, 0.6) is 0 Å². The van der Waals surface area contributed by atoms with Crippen molar-refractivity contribution in [1.29, 1.82) is 0 Å². The number of hydrogen-bond acceptors (Lipinski definition) is 3. The topological polar surface area (TPSA) is 69.1 Å². The van der Waals surface area contributed by atoms with Crippen molar-refractivity contribution in [3.63, 3.8) is 0 Å². The van der Waals surface area contributed by atoms with E-state index in [0.29, 0.717) is 11.3 Å². The zero-order valence-electron chi connectivity index (χ0n) is 10.9. The van der Waals surface area contributed by atoms with E-state index in [1.807, 2.05) is 6.92 Å². The Morgan fingerprint density at radius 3 is 2.47 bits per heavy atom. The maximum atomic E-state index is 11.2. The van der Waals surface area contributed by atoms with Gasteiger partial charge >= 0.3 is 0 Å². The second-order valence-electron chi connectivity index (χ2n) is 4.49. The maximum absolute atomic E-state index is 11.2. The quantitative estimate of drug-likeness (QED) is 0.843. The van der Waals surface area contributed by atoms with Crippen molar-refractivity contribution in [2.45, 2.75) is 23.6 Å². The lowest BCUT2D eigenvalue weighted by molar-refractivity contribution is 0.1000. The molecule has 0 heterocycles. The Kier molecular flexibility index (Phi) is 3.81. The number of benzene rings is 2. The molecule has 3 nitrogen and oxygen atoms in total. The van der Waals surface area contributed by atoms with Gasteiger partial charge in [0, 0.05) is 21.0 Å². The summed E-state index contributed by atoms with van der Waals surface area (Å²) in [5, 5.41) is 0. The van der Waals surface area contributed by atoms with E-state index in [2.05, 4.69) is 25.1 Å². The average molecular weight is 272 g/mol. The molecule has 0 saturated carbocycles. The van der Waals surface area contributed by atoms with E-state index in [9.17, 15) is 4.79 Å². The molecule has 2 aromatic rings. The number of rotatable bonds is 3. The van der Waals surface area contributed by atoms with Crippen LogP contribution in [0.15, 0.2) is 46.2 Å². The van der Waals surface area contributed by atoms with E-state index in [4.69, 9.17) is 11.5 Å². The van der Waals surface area contributed by atoms with E-state index >= 15 is 0 Å². The lowest BCUT2D eigenvalue weighted by Gasteiger charge is -2.10. The highest BCUT2D eigenvalue weighted by Gasteiger charge is 2.08. The molecular weight excluding hydrogens is 256 g/mol. The minimum Gasteiger partial charge on any atom is -0.398 e. The Morgan fingerprint density at radius 1 is 1.05 bits per heavy atom. The van der Waals surface area contributed by atoms with Gasteiger partial charge in [-0.3, -0.25) is 4.79 Å². The molecule has 0 aromatic heterocycles. The summed E-state index contributed by atoms with van der Waals surface area (Å²) < 4.78 is 0. The third-order valence-corrected chi connectivity index (χ3v) is 4.09. The van der Waals surface area contributed by atoms with Gasteiger partial charge in [0.05, 0.1) is 0 Å². The molecule has 0 aliphatic carbocycles. The first-order valence-electron chi connectivity index (χ1n) is 5.92. The Labute approximate surface area is 117 Å². The third kappa shape index (κ3) is 3.09. The summed E-state index contributed by atoms with van der Waals surface area (Å²) in [6, 6.07) is 11.4. The number of carbonyl (C=O) groups is 1. The smallest absolute Gasteiger partial charge is 0.248 e. The van der Waals surface area contributed by atoms with Crippen LogP contribution >= 0.6 is 11.8 Å². The van der Waals surface area contributed by atoms with Crippen LogP contribution in [0.1, 0.15) is 21.5 Å². The first kappa shape index (κ1) is 13.5. The van der Waals surface area contributed by atoms with Gasteiger partial charge in [0.2, 0.25) is 5.91 Å². The van der Waals surface area contributed by atoms with Gasteiger partial charge in [-0.05, 0) is 49.2 Å². The molecule has 0 saturated heterocycles. The number of amides is 1. The highest BCUT2D eigenvalue weighted by atomic mass is 32.2. The molecule has 0 radical (unpaired) electrons. The zero-order chi connectivity index (χ0) is 14.0. The minimum atomic E-state index is -0.442. The first-order valence-corrected chi connectivity index (χ1v) is 6.73. The molecule has 2 rings (SSSR count). The highest BCUT2D eigenvalue weighted by Crippen LogP contribution is 2.35. The van der Waals surface area contributed by atoms with Crippen molar-refractivity contribution in [3.8, 4) is 0 Å². The van der Waals surface area contributed by atoms with Gasteiger partial charge in [-0.25, -0.2) is 0 Å². The van der Waals surface area contributed by atoms with Crippen LogP contribution in [0.3, 0.4) is 0 Å². The van der Waals surface area contributed by atoms with Gasteiger partial charge < -0.3 is 11.5 Å². The number of nitrogen functional groups attached to an aromatic ring is 1. The first-order chi connectivity index (χ1) is 8.97. The average Bonchev–Trinajstić information content (AvgIpc) is 2.36. The van der Waals surface area contributed by atoms with E-state index in [1.165, 1.54) is 11.1 Å². The maximum Gasteiger partial charge on any atom is 0.248 e. The second kappa shape index (κ2) is 5.36. The highest BCUT2D eigenvalue weighted by molar-refractivity contribution is 7.99. The third-order valence-electron chi connectivity index (χ3n) is 2.86. The number of carbonyl (C=O) groups excluding carboxylic acids is 1. The van der Waals surface area contributed by atoms with Crippen LogP contribution in [0.2, 0.25) is 0 Å². The summed E-state index contributed by atoms with van der Waals surface area (Å²) in [5.41, 5.74) is 14.7. The van der Waals surface area contributed by atoms with Crippen molar-refractivity contribution in [2.24, 2.45) is 5.73 Å². The van der Waals surface area contributed by atoms with E-state index in [0.717, 1.165) is 9.79 Å². The minimum absolute atomic E-state index is 0.442. The normalized spacial score (nSPS) is 10.4. The number of anilines is 1. The lowest BCUT2D eigenvalue weighted by Crippen LogP contribution is -2.11. The SMILES string of the molecule is Cc1ccc(C)c(Sc2cc(C(N)=O)ccc2N)c1. The van der Waals surface area contributed by atoms with Crippen LogP contribution in [-0.2, 0) is 0 Å². The molecule has 98 valence electrons. The molecule has 2 aromatic carbocycles. The molecule has 4 heteroatoms. The second-order valence-corrected chi connectivity index (χ2v) is 5.57. The fourth-order valence-corrected chi connectivity index (χ4v) is 2.79. The molecule has 0 aliphatic rings. The van der Waals surface area contributed by atoms with E-state index in [1.54, 1.807) is 30.0 Å². The molecule has 0 fully saturated rings. The fraction of sp³-hybridized carbons (Fsp3) is 0.133. The summed E-state index contributed by atoms with van der Waals surface area (Å²) in [4.78, 5) is 13.2. The van der Waals surface area contributed by atoms with Crippen LogP contribution in [0, 0.1) is 13.8 Å². The predicted octanol–water partition coefficient (Wildman–Crippen LogP) is 3.14. The number of primary amides is 1. The van der Waals surface area contributed by atoms with E-state index < -0.39 is 5.91 Å². The molecule has 0 aliphatic heterocycles. The molecule has 0 bridgehead atoms. The predicted molar refractivity (Wildman–Crippen MR) is 79.4 cm³/mol. The van der Waals surface area contributed by atoms with Gasteiger partial charge in [-0.15, -0.1) is 0 Å². The van der Waals surface area contributed by atoms with Crippen molar-refractivity contribution in [1.82, 2.24) is 0 Å². The Morgan fingerprint density at radius 2 is 1.79 bits per heavy atom. The number of nitrogens with two attached hydrogens (primary N) is 2. The van der Waals surface area contributed by atoms with Crippen LogP contribution in [-0.4, -0.2) is 5.91 Å². The summed E-state index contributed by atoms with van der Waals surface area (Å²) >= 11 is 1.55. The Hall–Kier alpha value is -1.94. The largest absolute Gasteiger partial charge is 0.398 e. The standard InChI is InChI=1S/C15H16N2OS/c1-9-3-4-10(2)13(7-9)19-14-8-11(15(17)18)5-6-12(14)16/h3-8H,16H2,1-2H3,(H2,17,18). The van der Waals surface area contributed by atoms with Crippen molar-refractivity contribution < 1.29 is 4.79 Å². The molecule has 0 atom stereocenters.